The molecule has 0 saturated carbocycles. The van der Waals surface area contributed by atoms with Gasteiger partial charge in [0.05, 0.1) is 17.1 Å². The SMILES string of the molecule is CC(C)C(NC(=O)NCCC(O)(c1nccn1C)C(F)(F)F)c1nc2ccccc2[nH]1. The van der Waals surface area contributed by atoms with Crippen molar-refractivity contribution in [1.29, 1.82) is 0 Å². The number of para-hydroxylation sites is 2. The molecule has 0 aliphatic carbocycles. The van der Waals surface area contributed by atoms with Gasteiger partial charge in [-0.15, -0.1) is 0 Å². The number of fused-ring (bicyclic) bond motifs is 1. The Balaban J connectivity index is 1.67. The molecule has 2 amide bonds. The molecule has 0 radical (unpaired) electrons. The summed E-state index contributed by atoms with van der Waals surface area (Å²) in [6.07, 6.45) is -3.26. The first-order chi connectivity index (χ1) is 14.5. The van der Waals surface area contributed by atoms with Crippen molar-refractivity contribution in [3.8, 4) is 0 Å². The highest BCUT2D eigenvalue weighted by atomic mass is 19.4. The summed E-state index contributed by atoms with van der Waals surface area (Å²) >= 11 is 0. The fourth-order valence-corrected chi connectivity index (χ4v) is 3.36. The average Bonchev–Trinajstić information content (AvgIpc) is 3.30. The lowest BCUT2D eigenvalue weighted by molar-refractivity contribution is -0.272. The highest BCUT2D eigenvalue weighted by Crippen LogP contribution is 2.40. The van der Waals surface area contributed by atoms with Crippen LogP contribution in [-0.2, 0) is 12.6 Å². The number of hydrogen-bond acceptors (Lipinski definition) is 4. The minimum absolute atomic E-state index is 0.0361. The Labute approximate surface area is 176 Å². The Morgan fingerprint density at radius 1 is 1.29 bits per heavy atom. The predicted molar refractivity (Wildman–Crippen MR) is 108 cm³/mol. The molecule has 3 aromatic rings. The van der Waals surface area contributed by atoms with Crippen molar-refractivity contribution in [3.05, 3.63) is 48.3 Å². The van der Waals surface area contributed by atoms with E-state index in [4.69, 9.17) is 0 Å². The van der Waals surface area contributed by atoms with Crippen molar-refractivity contribution in [2.24, 2.45) is 13.0 Å². The summed E-state index contributed by atoms with van der Waals surface area (Å²) in [6.45, 7) is 3.36. The van der Waals surface area contributed by atoms with Crippen molar-refractivity contribution in [1.82, 2.24) is 30.2 Å². The normalized spacial score (nSPS) is 15.1. The number of alkyl halides is 3. The van der Waals surface area contributed by atoms with Crippen molar-refractivity contribution < 1.29 is 23.1 Å². The minimum Gasteiger partial charge on any atom is -0.374 e. The number of nitrogens with zero attached hydrogens (tertiary/aromatic N) is 3. The van der Waals surface area contributed by atoms with E-state index in [1.165, 1.54) is 19.4 Å². The Morgan fingerprint density at radius 2 is 2.00 bits per heavy atom. The van der Waals surface area contributed by atoms with Gasteiger partial charge in [0.15, 0.2) is 0 Å². The molecular formula is C20H25F3N6O2. The van der Waals surface area contributed by atoms with Crippen molar-refractivity contribution in [3.63, 3.8) is 0 Å². The second kappa shape index (κ2) is 8.58. The van der Waals surface area contributed by atoms with E-state index >= 15 is 0 Å². The Kier molecular flexibility index (Phi) is 6.25. The number of aromatic nitrogens is 4. The molecule has 0 aliphatic rings. The number of H-pyrrole nitrogens is 1. The molecule has 0 aliphatic heterocycles. The molecule has 4 N–H and O–H groups in total. The van der Waals surface area contributed by atoms with Crippen LogP contribution in [0.15, 0.2) is 36.7 Å². The molecule has 2 atom stereocenters. The van der Waals surface area contributed by atoms with Gasteiger partial charge in [0.25, 0.3) is 0 Å². The van der Waals surface area contributed by atoms with Gasteiger partial charge >= 0.3 is 12.2 Å². The molecule has 2 unspecified atom stereocenters. The first-order valence-corrected chi connectivity index (χ1v) is 9.79. The third-order valence-electron chi connectivity index (χ3n) is 5.09. The average molecular weight is 438 g/mol. The summed E-state index contributed by atoms with van der Waals surface area (Å²) in [6, 6.07) is 6.26. The van der Waals surface area contributed by atoms with Gasteiger partial charge in [-0.25, -0.2) is 14.8 Å². The topological polar surface area (TPSA) is 108 Å². The highest BCUT2D eigenvalue weighted by molar-refractivity contribution is 5.76. The molecule has 8 nitrogen and oxygen atoms in total. The molecule has 11 heteroatoms. The molecule has 3 rings (SSSR count). The fraction of sp³-hybridized carbons (Fsp3) is 0.450. The first-order valence-electron chi connectivity index (χ1n) is 9.79. The molecule has 0 bridgehead atoms. The molecule has 2 aromatic heterocycles. The van der Waals surface area contributed by atoms with E-state index in [9.17, 15) is 23.1 Å². The number of carbonyl (C=O) groups is 1. The summed E-state index contributed by atoms with van der Waals surface area (Å²) in [7, 11) is 1.36. The van der Waals surface area contributed by atoms with Crippen LogP contribution < -0.4 is 10.6 Å². The molecular weight excluding hydrogens is 413 g/mol. The van der Waals surface area contributed by atoms with Crippen LogP contribution >= 0.6 is 0 Å². The van der Waals surface area contributed by atoms with Gasteiger partial charge < -0.3 is 25.3 Å². The zero-order valence-corrected chi connectivity index (χ0v) is 17.4. The number of amides is 2. The third kappa shape index (κ3) is 4.66. The Morgan fingerprint density at radius 3 is 2.58 bits per heavy atom. The largest absolute Gasteiger partial charge is 0.424 e. The van der Waals surface area contributed by atoms with Gasteiger partial charge in [0.2, 0.25) is 5.60 Å². The number of hydrogen-bond donors (Lipinski definition) is 4. The van der Waals surface area contributed by atoms with E-state index in [0.717, 1.165) is 15.6 Å². The first kappa shape index (κ1) is 22.6. The van der Waals surface area contributed by atoms with Crippen LogP contribution in [0, 0.1) is 5.92 Å². The Hall–Kier alpha value is -3.08. The molecule has 0 saturated heterocycles. The lowest BCUT2D eigenvalue weighted by Gasteiger charge is -2.30. The van der Waals surface area contributed by atoms with Gasteiger partial charge in [-0.2, -0.15) is 13.2 Å². The number of carbonyl (C=O) groups excluding carboxylic acids is 1. The summed E-state index contributed by atoms with van der Waals surface area (Å²) in [5.74, 6) is -0.0262. The van der Waals surface area contributed by atoms with Gasteiger partial charge in [-0.3, -0.25) is 0 Å². The van der Waals surface area contributed by atoms with Gasteiger partial charge in [-0.1, -0.05) is 26.0 Å². The maximum absolute atomic E-state index is 13.6. The summed E-state index contributed by atoms with van der Waals surface area (Å²) in [5.41, 5.74) is -1.62. The predicted octanol–water partition coefficient (Wildman–Crippen LogP) is 3.13. The zero-order chi connectivity index (χ0) is 22.8. The smallest absolute Gasteiger partial charge is 0.374 e. The van der Waals surface area contributed by atoms with Gasteiger partial charge in [0.1, 0.15) is 11.6 Å². The standard InChI is InChI=1S/C20H25F3N6O2/c1-12(2)15(16-26-13-6-4-5-7-14(13)27-16)28-18(30)25-9-8-19(31,20(21,22)23)17-24-10-11-29(17)3/h4-7,10-12,15,31H,8-9H2,1-3H3,(H,26,27)(H2,25,28,30). The van der Waals surface area contributed by atoms with Gasteiger partial charge in [0, 0.05) is 32.4 Å². The van der Waals surface area contributed by atoms with Gasteiger partial charge in [-0.05, 0) is 18.1 Å². The number of urea groups is 1. The van der Waals surface area contributed by atoms with E-state index in [1.807, 2.05) is 38.1 Å². The van der Waals surface area contributed by atoms with Crippen LogP contribution in [0.3, 0.4) is 0 Å². The number of imidazole rings is 2. The van der Waals surface area contributed by atoms with Crippen LogP contribution in [0.5, 0.6) is 0 Å². The number of rotatable bonds is 7. The monoisotopic (exact) mass is 438 g/mol. The van der Waals surface area contributed by atoms with Crippen LogP contribution in [0.2, 0.25) is 0 Å². The van der Waals surface area contributed by atoms with E-state index in [0.29, 0.717) is 5.82 Å². The number of aryl methyl sites for hydroxylation is 1. The molecule has 2 heterocycles. The van der Waals surface area contributed by atoms with Crippen LogP contribution in [-0.4, -0.2) is 43.4 Å². The van der Waals surface area contributed by atoms with Crippen molar-refractivity contribution in [2.45, 2.75) is 38.1 Å². The third-order valence-corrected chi connectivity index (χ3v) is 5.09. The second-order valence-electron chi connectivity index (χ2n) is 7.73. The van der Waals surface area contributed by atoms with Crippen LogP contribution in [0.1, 0.15) is 38.0 Å². The maximum Gasteiger partial charge on any atom is 0.424 e. The van der Waals surface area contributed by atoms with E-state index in [-0.39, 0.29) is 5.92 Å². The van der Waals surface area contributed by atoms with Crippen LogP contribution in [0.4, 0.5) is 18.0 Å². The molecule has 0 fully saturated rings. The summed E-state index contributed by atoms with van der Waals surface area (Å²) in [5, 5.41) is 15.5. The summed E-state index contributed by atoms with van der Waals surface area (Å²) < 4.78 is 41.8. The lowest BCUT2D eigenvalue weighted by atomic mass is 9.97. The number of aromatic amines is 1. The Bertz CT molecular complexity index is 1010. The second-order valence-corrected chi connectivity index (χ2v) is 7.73. The number of benzene rings is 1. The van der Waals surface area contributed by atoms with E-state index in [1.54, 1.807) is 0 Å². The van der Waals surface area contributed by atoms with E-state index < -0.39 is 42.6 Å². The molecule has 31 heavy (non-hydrogen) atoms. The molecule has 1 aromatic carbocycles. The molecule has 0 spiro atoms. The lowest BCUT2D eigenvalue weighted by Crippen LogP contribution is -2.48. The molecule has 168 valence electrons. The van der Waals surface area contributed by atoms with Crippen molar-refractivity contribution >= 4 is 17.1 Å². The van der Waals surface area contributed by atoms with Crippen LogP contribution in [0.25, 0.3) is 11.0 Å². The van der Waals surface area contributed by atoms with Crippen molar-refractivity contribution in [2.75, 3.05) is 6.54 Å². The number of nitrogens with one attached hydrogen (secondary N) is 3. The highest BCUT2D eigenvalue weighted by Gasteiger charge is 2.57. The minimum atomic E-state index is -4.96. The fourth-order valence-electron chi connectivity index (χ4n) is 3.36. The number of aliphatic hydroxyl groups is 1. The van der Waals surface area contributed by atoms with E-state index in [2.05, 4.69) is 25.6 Å². The number of halogens is 3. The zero-order valence-electron chi connectivity index (χ0n) is 17.4. The quantitative estimate of drug-likeness (QED) is 0.455. The summed E-state index contributed by atoms with van der Waals surface area (Å²) in [4.78, 5) is 23.7. The maximum atomic E-state index is 13.6.